The summed E-state index contributed by atoms with van der Waals surface area (Å²) in [5, 5.41) is 0. The molecule has 1 amide bonds. The summed E-state index contributed by atoms with van der Waals surface area (Å²) < 4.78 is 0. The maximum absolute atomic E-state index is 14.1. The average molecular weight is 486 g/mol. The van der Waals surface area contributed by atoms with Gasteiger partial charge >= 0.3 is 0 Å². The van der Waals surface area contributed by atoms with E-state index in [2.05, 4.69) is 75.4 Å². The Balaban J connectivity index is 1.41. The molecule has 2 bridgehead atoms. The molecule has 7 rings (SSSR count). The quantitative estimate of drug-likeness (QED) is 0.547. The van der Waals surface area contributed by atoms with E-state index in [4.69, 9.17) is 0 Å². The summed E-state index contributed by atoms with van der Waals surface area (Å²) in [6.07, 6.45) is 11.2. The van der Waals surface area contributed by atoms with Gasteiger partial charge in [-0.05, 0) is 82.3 Å². The Labute approximate surface area is 217 Å². The fourth-order valence-corrected chi connectivity index (χ4v) is 8.05. The van der Waals surface area contributed by atoms with Crippen molar-refractivity contribution in [2.24, 2.45) is 0 Å². The predicted molar refractivity (Wildman–Crippen MR) is 146 cm³/mol. The van der Waals surface area contributed by atoms with Crippen molar-refractivity contribution in [3.8, 4) is 0 Å². The van der Waals surface area contributed by atoms with E-state index in [0.717, 1.165) is 26.1 Å². The number of carbonyl (C=O) groups excluding carboxylic acids is 1. The fourth-order valence-electron chi connectivity index (χ4n) is 8.05. The van der Waals surface area contributed by atoms with Crippen LogP contribution >= 0.6 is 0 Å². The predicted octanol–water partition coefficient (Wildman–Crippen LogP) is 5.66. The molecule has 36 heavy (non-hydrogen) atoms. The smallest absolute Gasteiger partial charge is 0.237 e. The first-order valence-electron chi connectivity index (χ1n) is 14.6. The van der Waals surface area contributed by atoms with Crippen molar-refractivity contribution in [2.45, 2.75) is 81.2 Å². The van der Waals surface area contributed by atoms with Gasteiger partial charge in [0.05, 0.1) is 6.54 Å². The molecule has 0 unspecified atom stereocenters. The van der Waals surface area contributed by atoms with E-state index in [1.807, 2.05) is 0 Å². The van der Waals surface area contributed by atoms with Gasteiger partial charge in [0.1, 0.15) is 0 Å². The van der Waals surface area contributed by atoms with Crippen molar-refractivity contribution in [2.75, 3.05) is 39.3 Å². The van der Waals surface area contributed by atoms with E-state index in [0.29, 0.717) is 24.3 Å². The Morgan fingerprint density at radius 2 is 1.22 bits per heavy atom. The number of amides is 1. The van der Waals surface area contributed by atoms with Crippen molar-refractivity contribution in [3.63, 3.8) is 0 Å². The van der Waals surface area contributed by atoms with Crippen LogP contribution in [0.4, 0.5) is 0 Å². The van der Waals surface area contributed by atoms with Gasteiger partial charge in [0.15, 0.2) is 0 Å². The second kappa shape index (κ2) is 10.7. The third-order valence-corrected chi connectivity index (χ3v) is 9.81. The van der Waals surface area contributed by atoms with E-state index in [1.165, 1.54) is 75.6 Å². The lowest BCUT2D eigenvalue weighted by Crippen LogP contribution is -2.56. The molecular weight excluding hydrogens is 442 g/mol. The number of hydrogen-bond acceptors (Lipinski definition) is 3. The van der Waals surface area contributed by atoms with Gasteiger partial charge in [0.25, 0.3) is 0 Å². The molecule has 0 radical (unpaired) electrons. The molecule has 4 aliphatic heterocycles. The molecule has 2 aromatic carbocycles. The topological polar surface area (TPSA) is 26.8 Å². The minimum atomic E-state index is 0.179. The molecule has 4 heteroatoms. The van der Waals surface area contributed by atoms with Gasteiger partial charge in [-0.15, -0.1) is 0 Å². The molecule has 1 aliphatic carbocycles. The van der Waals surface area contributed by atoms with Crippen LogP contribution in [0.1, 0.15) is 80.8 Å². The number of likely N-dealkylation sites (tertiary alicyclic amines) is 2. The van der Waals surface area contributed by atoms with Crippen LogP contribution in [-0.2, 0) is 4.79 Å². The van der Waals surface area contributed by atoms with Crippen molar-refractivity contribution < 1.29 is 4.79 Å². The largest absolute Gasteiger partial charge is 0.337 e. The zero-order chi connectivity index (χ0) is 24.4. The second-order valence-corrected chi connectivity index (χ2v) is 11.9. The first kappa shape index (κ1) is 24.2. The number of nitrogens with zero attached hydrogens (tertiary/aromatic N) is 3. The maximum atomic E-state index is 14.1. The third-order valence-electron chi connectivity index (χ3n) is 9.81. The number of hydrogen-bond donors (Lipinski definition) is 0. The molecule has 4 saturated heterocycles. The van der Waals surface area contributed by atoms with E-state index < -0.39 is 0 Å². The van der Waals surface area contributed by atoms with Crippen molar-refractivity contribution in [3.05, 3.63) is 71.8 Å². The highest BCUT2D eigenvalue weighted by atomic mass is 16.2. The number of benzene rings is 2. The Morgan fingerprint density at radius 1 is 0.694 bits per heavy atom. The lowest BCUT2D eigenvalue weighted by molar-refractivity contribution is -0.135. The maximum Gasteiger partial charge on any atom is 0.237 e. The highest BCUT2D eigenvalue weighted by molar-refractivity contribution is 5.79. The first-order chi connectivity index (χ1) is 17.7. The molecule has 0 aromatic heterocycles. The Bertz CT molecular complexity index is 947. The van der Waals surface area contributed by atoms with E-state index >= 15 is 0 Å². The fraction of sp³-hybridized carbons (Fsp3) is 0.594. The van der Waals surface area contributed by atoms with Crippen LogP contribution in [0.5, 0.6) is 0 Å². The van der Waals surface area contributed by atoms with Gasteiger partial charge < -0.3 is 4.90 Å². The molecular formula is C32H43N3O. The highest BCUT2D eigenvalue weighted by Gasteiger charge is 2.55. The molecule has 4 nitrogen and oxygen atoms in total. The van der Waals surface area contributed by atoms with Gasteiger partial charge in [-0.1, -0.05) is 73.5 Å². The highest BCUT2D eigenvalue weighted by Crippen LogP contribution is 2.54. The summed E-state index contributed by atoms with van der Waals surface area (Å²) in [6.45, 7) is 6.08. The molecule has 2 atom stereocenters. The van der Waals surface area contributed by atoms with E-state index in [1.54, 1.807) is 0 Å². The Hall–Kier alpha value is -2.17. The number of fused-ring (bicyclic) bond motifs is 4. The van der Waals surface area contributed by atoms with Gasteiger partial charge in [-0.2, -0.15) is 0 Å². The van der Waals surface area contributed by atoms with E-state index in [-0.39, 0.29) is 11.6 Å². The van der Waals surface area contributed by atoms with Gasteiger partial charge in [0, 0.05) is 30.0 Å². The lowest BCUT2D eigenvalue weighted by atomic mass is 9.63. The van der Waals surface area contributed by atoms with Gasteiger partial charge in [-0.25, -0.2) is 0 Å². The van der Waals surface area contributed by atoms with Crippen LogP contribution in [0.25, 0.3) is 0 Å². The van der Waals surface area contributed by atoms with Crippen LogP contribution in [0.2, 0.25) is 0 Å². The monoisotopic (exact) mass is 485 g/mol. The van der Waals surface area contributed by atoms with Crippen LogP contribution in [0.15, 0.2) is 60.7 Å². The standard InChI is InChI=1S/C32H43N3O/c36-30(25-33-18-9-3-10-19-33)35-22-17-32(34-20-11-4-12-21-34)23-28(26-13-5-1-6-14-26)31(35)29(24-32)27-15-7-2-8-16-27/h1-2,5-8,13-16,28-29,31H,3-4,9-12,17-25H2/t28-,29-,31?,32?/m0/s1. The van der Waals surface area contributed by atoms with Crippen LogP contribution in [0.3, 0.4) is 0 Å². The third kappa shape index (κ3) is 4.75. The summed E-state index contributed by atoms with van der Waals surface area (Å²) in [5.41, 5.74) is 3.02. The zero-order valence-electron chi connectivity index (χ0n) is 21.9. The normalized spacial score (nSPS) is 31.8. The molecule has 1 saturated carbocycles. The number of piperidine rings is 2. The number of rotatable bonds is 5. The van der Waals surface area contributed by atoms with Crippen molar-refractivity contribution in [1.82, 2.24) is 14.7 Å². The summed E-state index contributed by atoms with van der Waals surface area (Å²) in [5.74, 6) is 1.11. The molecule has 5 fully saturated rings. The molecule has 5 aliphatic rings. The molecule has 4 heterocycles. The van der Waals surface area contributed by atoms with Crippen molar-refractivity contribution in [1.29, 1.82) is 0 Å². The zero-order valence-corrected chi connectivity index (χ0v) is 21.9. The Kier molecular flexibility index (Phi) is 7.17. The average Bonchev–Trinajstić information content (AvgIpc) is 3.23. The summed E-state index contributed by atoms with van der Waals surface area (Å²) >= 11 is 0. The minimum absolute atomic E-state index is 0.179. The lowest BCUT2D eigenvalue weighted by Gasteiger charge is -2.53. The first-order valence-corrected chi connectivity index (χ1v) is 14.6. The molecule has 192 valence electrons. The molecule has 0 spiro atoms. The van der Waals surface area contributed by atoms with Crippen LogP contribution < -0.4 is 0 Å². The Morgan fingerprint density at radius 3 is 1.78 bits per heavy atom. The molecule has 2 aromatic rings. The van der Waals surface area contributed by atoms with Gasteiger partial charge in [-0.3, -0.25) is 14.6 Å². The SMILES string of the molecule is O=C(CN1CCCCC1)N1CCC2(N3CCCCC3)C[C@@H](c3ccccc3)C1[C@H](c1ccccc1)C2. The number of carbonyl (C=O) groups is 1. The van der Waals surface area contributed by atoms with Crippen molar-refractivity contribution >= 4 is 5.91 Å². The second-order valence-electron chi connectivity index (χ2n) is 11.9. The van der Waals surface area contributed by atoms with Crippen LogP contribution in [-0.4, -0.2) is 71.5 Å². The molecule has 0 N–H and O–H groups in total. The van der Waals surface area contributed by atoms with E-state index in [9.17, 15) is 4.79 Å². The van der Waals surface area contributed by atoms with Crippen LogP contribution in [0, 0.1) is 0 Å². The summed E-state index contributed by atoms with van der Waals surface area (Å²) in [6, 6.07) is 22.6. The van der Waals surface area contributed by atoms with Gasteiger partial charge in [0.2, 0.25) is 5.91 Å². The summed E-state index contributed by atoms with van der Waals surface area (Å²) in [7, 11) is 0. The minimum Gasteiger partial charge on any atom is -0.337 e. The summed E-state index contributed by atoms with van der Waals surface area (Å²) in [4.78, 5) is 21.7.